The molecule has 0 saturated heterocycles. The fraction of sp³-hybridized carbons (Fsp3) is 0.0204. The minimum Gasteiger partial charge on any atom is -0.601 e. The molecule has 602 valence electrons. The molecule has 18 aromatic rings. The van der Waals surface area contributed by atoms with E-state index in [4.69, 9.17) is 46.2 Å². The van der Waals surface area contributed by atoms with Crippen LogP contribution in [0.15, 0.2) is 430 Å². The number of hydrogen-bond acceptors (Lipinski definition) is 20. The van der Waals surface area contributed by atoms with Crippen LogP contribution >= 0.6 is 0 Å². The van der Waals surface area contributed by atoms with E-state index in [0.717, 1.165) is 50.3 Å². The van der Waals surface area contributed by atoms with E-state index in [9.17, 15) is 0 Å². The number of nitrogens with zero attached hydrogens (tertiary/aromatic N) is 22. The first-order valence-corrected chi connectivity index (χ1v) is 35.4. The summed E-state index contributed by atoms with van der Waals surface area (Å²) in [5.41, 5.74) is 8.76. The molecular weight excluding hydrogens is 1760 g/mol. The monoisotopic (exact) mass is 1840 g/mol. The summed E-state index contributed by atoms with van der Waals surface area (Å²) in [4.78, 5) is 53.5. The molecule has 29 heteroatoms. The fourth-order valence-corrected chi connectivity index (χ4v) is 7.78. The van der Waals surface area contributed by atoms with Crippen LogP contribution in [0, 0.1) is 64.3 Å². The molecule has 0 fully saturated rings. The average Bonchev–Trinajstić information content (AvgIpc) is 1.25. The van der Waals surface area contributed by atoms with E-state index < -0.39 is 0 Å². The van der Waals surface area contributed by atoms with Gasteiger partial charge in [0.05, 0.1) is 45.6 Å². The summed E-state index contributed by atoms with van der Waals surface area (Å²) in [6, 6.07) is 88.4. The van der Waals surface area contributed by atoms with E-state index in [0.29, 0.717) is 5.69 Å². The van der Waals surface area contributed by atoms with Gasteiger partial charge in [0.15, 0.2) is 0 Å². The van der Waals surface area contributed by atoms with E-state index in [-0.39, 0.29) is 360 Å². The first-order valence-electron chi connectivity index (χ1n) is 35.4. The zero-order chi connectivity index (χ0) is 86.7. The van der Waals surface area contributed by atoms with Crippen molar-refractivity contribution in [2.24, 2.45) is 34.3 Å². The smallest absolute Gasteiger partial charge is 0.601 e. The van der Waals surface area contributed by atoms with Crippen LogP contribution in [0.1, 0.15) is 11.1 Å². The predicted molar refractivity (Wildman–Crippen MR) is 486 cm³/mol. The first-order chi connectivity index (χ1) is 59.1. The Hall–Kier alpha value is -5.43. The molecule has 0 N–H and O–H groups in total. The van der Waals surface area contributed by atoms with Gasteiger partial charge in [-0.1, -0.05) is 102 Å². The van der Waals surface area contributed by atoms with Gasteiger partial charge in [0.25, 0.3) is 0 Å². The Morgan fingerprint density at radius 1 is 0.307 bits per heavy atom. The molecule has 0 amide bonds. The van der Waals surface area contributed by atoms with Crippen molar-refractivity contribution >= 4 is 99.4 Å². The third-order valence-corrected chi connectivity index (χ3v) is 13.1. The molecule has 8 aromatic carbocycles. The number of para-hydroxylation sites is 7. The molecule has 0 radical (unpaired) electrons. The van der Waals surface area contributed by atoms with Crippen molar-refractivity contribution in [2.45, 2.75) is 0 Å². The standard InChI is InChI=1S/2C9H7N.C8H8N2.2C8H6N2.2C8H6.C7H5N.C5H5N.3C4H4N2.2C4H4.C3H5N3.C3H3N.C2H2N2.7K/c1-2-6-9-8(4-1)5-3-7-10-9;1-2-4-9-7-10-6-5-8(9)3-1;1-10-6-9-7-4-2-3-5-8(7)10;1-2-4-8-7(3-1)5-9-6-10-8;1-2-4-8-7(3-1)9-5-6-10-8;2*1-2-8-6-4-3-5-7-8;1-8-7-5-3-2-4-6-7;1-2-4-6-5-3-1;1-2-6-4-3-5-1;1-2-5-4-6-3-1;1-2-4-6-5-3-1;2*1-3-4-2;1-6-3-2-4-5-6;2*1-3-4-2;;;;;;;/h2*1-7H;2-6H,1H3;2*1-6H;2*1-6H;1-5H;1-5H;3*1-4H;2*1-4H;2-3H,1H3;1-3H;1-2H;;;;;;;/q;;;;;3*-2;;;;;2*-2;;2*-2;7*+1. The van der Waals surface area contributed by atoms with E-state index in [1.54, 1.807) is 116 Å². The summed E-state index contributed by atoms with van der Waals surface area (Å²) < 4.78 is 3.65. The second kappa shape index (κ2) is 99.6. The van der Waals surface area contributed by atoms with Crippen molar-refractivity contribution in [3.8, 4) is 0 Å². The van der Waals surface area contributed by atoms with Gasteiger partial charge < -0.3 is 138 Å². The zero-order valence-corrected chi connectivity index (χ0v) is 94.9. The van der Waals surface area contributed by atoms with E-state index in [1.165, 1.54) is 64.5 Å². The predicted octanol–water partition coefficient (Wildman–Crippen LogP) is -1.28. The van der Waals surface area contributed by atoms with Gasteiger partial charge in [-0.3, -0.25) is 45.6 Å². The summed E-state index contributed by atoms with van der Waals surface area (Å²) in [6.45, 7) is 52.0. The molecule has 0 spiro atoms. The quantitative estimate of drug-likeness (QED) is 0.0591. The van der Waals surface area contributed by atoms with Crippen molar-refractivity contribution in [1.82, 2.24) is 89.6 Å². The molecule has 0 aliphatic rings. The van der Waals surface area contributed by atoms with Gasteiger partial charge in [-0.05, 0) is 89.6 Å². The molecule has 0 atom stereocenters. The normalized spacial score (nSPS) is 8.14. The van der Waals surface area contributed by atoms with Gasteiger partial charge in [-0.15, -0.1) is 17.2 Å². The van der Waals surface area contributed by atoms with Crippen LogP contribution in [-0.4, -0.2) is 116 Å². The van der Waals surface area contributed by atoms with Gasteiger partial charge in [0.1, 0.15) is 12.7 Å². The van der Waals surface area contributed by atoms with E-state index in [2.05, 4.69) is 176 Å². The molecule has 0 aliphatic heterocycles. The number of pyridine rings is 3. The number of benzene rings is 8. The summed E-state index contributed by atoms with van der Waals surface area (Å²) in [5.74, 6) is 0. The number of fused-ring (bicyclic) bond motifs is 5. The number of aromatic nitrogens is 18. The zero-order valence-electron chi connectivity index (χ0n) is 73.0. The number of rotatable bonds is 7. The number of hydrogen-bond donors (Lipinski definition) is 0. The maximum Gasteiger partial charge on any atom is 1.00 e. The molecular formula is C98H86K7N22-7. The minimum atomic E-state index is 0. The molecule has 18 rings (SSSR count). The molecule has 0 saturated carbocycles. The molecule has 127 heavy (non-hydrogen) atoms. The third-order valence-electron chi connectivity index (χ3n) is 13.1. The van der Waals surface area contributed by atoms with Crippen molar-refractivity contribution in [3.05, 3.63) is 485 Å². The van der Waals surface area contributed by atoms with Crippen LogP contribution in [0.5, 0.6) is 0 Å². The van der Waals surface area contributed by atoms with Crippen LogP contribution in [-0.2, 0) is 14.1 Å². The van der Waals surface area contributed by atoms with Gasteiger partial charge in [0, 0.05) is 130 Å². The second-order valence-electron chi connectivity index (χ2n) is 21.3. The van der Waals surface area contributed by atoms with Crippen molar-refractivity contribution in [1.29, 1.82) is 0 Å². The Bertz CT molecular complexity index is 4630. The maximum atomic E-state index is 5.19. The molecule has 10 heterocycles. The Morgan fingerprint density at radius 3 is 1.07 bits per heavy atom. The fourth-order valence-electron chi connectivity index (χ4n) is 7.78. The SMILES string of the molecule is Cn1ccnn1.Cn1cnc2ccccc21.[CH-]=CC=[CH-].[CH-]=CC=[CH-].[CH-]=CN=[CH-].[CH-]=Cc1[c-]cccc1.[CH-]=Cc1[c-]cccc1.[CH-]=NN=[CH-].[CH-]=Nc1[c-]cccc1.[K+].[K+].[K+].[K+].[K+].[K+].[K+].c1ccc2cnccc2c1.c1ccc2ncccc2c1.c1ccc2nccnc2c1.c1ccc2ncncc2c1.c1ccncc1.c1ccnnc1.c1cnccn1.c1cncnc1. The van der Waals surface area contributed by atoms with Gasteiger partial charge in [0.2, 0.25) is 0 Å². The number of allylic oxidation sites excluding steroid dienone is 4. The van der Waals surface area contributed by atoms with Crippen LogP contribution in [0.3, 0.4) is 0 Å². The van der Waals surface area contributed by atoms with Gasteiger partial charge >= 0.3 is 360 Å². The van der Waals surface area contributed by atoms with Crippen LogP contribution < -0.4 is 360 Å². The Morgan fingerprint density at radius 2 is 0.732 bits per heavy atom. The minimum absolute atomic E-state index is 0. The van der Waals surface area contributed by atoms with Crippen molar-refractivity contribution < 1.29 is 360 Å². The molecule has 0 unspecified atom stereocenters. The van der Waals surface area contributed by atoms with Crippen LogP contribution in [0.2, 0.25) is 0 Å². The Kier molecular flexibility index (Phi) is 104. The topological polar surface area (TPSA) is 266 Å². The molecule has 10 aromatic heterocycles. The van der Waals surface area contributed by atoms with Crippen LogP contribution in [0.4, 0.5) is 5.69 Å². The van der Waals surface area contributed by atoms with Crippen molar-refractivity contribution in [2.75, 3.05) is 0 Å². The summed E-state index contributed by atoms with van der Waals surface area (Å²) >= 11 is 0. The maximum absolute atomic E-state index is 5.19. The average molecular weight is 1850 g/mol. The van der Waals surface area contributed by atoms with Gasteiger partial charge in [-0.25, -0.2) is 60.9 Å². The van der Waals surface area contributed by atoms with E-state index in [1.807, 2.05) is 250 Å². The molecule has 0 aliphatic carbocycles. The van der Waals surface area contributed by atoms with Gasteiger partial charge in [-0.2, -0.15) is 66.1 Å². The second-order valence-corrected chi connectivity index (χ2v) is 21.3. The molecule has 22 nitrogen and oxygen atoms in total. The summed E-state index contributed by atoms with van der Waals surface area (Å²) in [6.07, 6.45) is 44.9. The third kappa shape index (κ3) is 73.8. The van der Waals surface area contributed by atoms with Crippen molar-refractivity contribution in [3.63, 3.8) is 0 Å². The number of aliphatic imine (C=N–C) groups is 2. The summed E-state index contributed by atoms with van der Waals surface area (Å²) in [5, 5.41) is 24.2. The number of aryl methyl sites for hydroxylation is 2. The van der Waals surface area contributed by atoms with Crippen LogP contribution in [0.25, 0.3) is 66.8 Å². The van der Waals surface area contributed by atoms with E-state index >= 15 is 0 Å². The summed E-state index contributed by atoms with van der Waals surface area (Å²) in [7, 11) is 3.82. The number of imidazole rings is 1. The first kappa shape index (κ1) is 132. The molecule has 0 bridgehead atoms. The largest absolute Gasteiger partial charge is 1.00 e. The Labute approximate surface area is 1050 Å². The Balaban J connectivity index is -0.000000308.